The van der Waals surface area contributed by atoms with E-state index in [1.165, 1.54) is 19.4 Å². The van der Waals surface area contributed by atoms with Crippen molar-refractivity contribution in [2.24, 2.45) is 0 Å². The van der Waals surface area contributed by atoms with Gasteiger partial charge >= 0.3 is 103 Å². The van der Waals surface area contributed by atoms with Crippen molar-refractivity contribution in [3.63, 3.8) is 0 Å². The fourth-order valence-electron chi connectivity index (χ4n) is 5.07. The molecule has 0 spiro atoms. The Morgan fingerprint density at radius 3 is 1.77 bits per heavy atom. The van der Waals surface area contributed by atoms with E-state index >= 15 is 0 Å². The van der Waals surface area contributed by atoms with Crippen molar-refractivity contribution >= 4 is 43.1 Å². The number of alkyl halides is 1. The quantitative estimate of drug-likeness (QED) is 0.0559. The maximum absolute atomic E-state index is 11.3. The van der Waals surface area contributed by atoms with Crippen LogP contribution >= 0.6 is 24.0 Å². The molecule has 0 radical (unpaired) electrons. The summed E-state index contributed by atoms with van der Waals surface area (Å²) in [5, 5.41) is 26.1. The number of aromatic hydroxyl groups is 1. The average molecular weight is 917 g/mol. The van der Waals surface area contributed by atoms with Crippen LogP contribution in [0.15, 0.2) is 91.6 Å². The summed E-state index contributed by atoms with van der Waals surface area (Å²) < 4.78 is 19.7. The zero-order valence-corrected chi connectivity index (χ0v) is 42.4. The van der Waals surface area contributed by atoms with Gasteiger partial charge in [-0.2, -0.15) is 10.2 Å². The molecular formula is C40H45Cl2K2N7O9. The van der Waals surface area contributed by atoms with E-state index in [9.17, 15) is 9.59 Å². The predicted octanol–water partition coefficient (Wildman–Crippen LogP) is 0.776. The van der Waals surface area contributed by atoms with Crippen molar-refractivity contribution in [3.05, 3.63) is 114 Å². The number of methoxy groups -OCH3 is 2. The first-order valence-corrected chi connectivity index (χ1v) is 17.8. The summed E-state index contributed by atoms with van der Waals surface area (Å²) in [4.78, 5) is 45.4. The third-order valence-corrected chi connectivity index (χ3v) is 8.01. The van der Waals surface area contributed by atoms with Gasteiger partial charge in [-0.05, 0) is 75.7 Å². The van der Waals surface area contributed by atoms with E-state index < -0.39 is 0 Å². The van der Waals surface area contributed by atoms with Gasteiger partial charge in [0, 0.05) is 54.4 Å². The molecule has 0 aliphatic rings. The smallest absolute Gasteiger partial charge is 1.00 e. The number of hydrogen-bond donors (Lipinski definition) is 1. The summed E-state index contributed by atoms with van der Waals surface area (Å²) in [6, 6.07) is 18.7. The van der Waals surface area contributed by atoms with Crippen LogP contribution in [0, 0.1) is 0 Å². The van der Waals surface area contributed by atoms with Gasteiger partial charge in [-0.25, -0.2) is 4.98 Å². The minimum Gasteiger partial charge on any atom is -1.00 e. The van der Waals surface area contributed by atoms with Crippen LogP contribution in [0.5, 0.6) is 23.1 Å². The first-order valence-electron chi connectivity index (χ1n) is 17.2. The fraction of sp³-hybridized carbons (Fsp3) is 0.250. The molecule has 1 aromatic carbocycles. The molecule has 0 aliphatic heterocycles. The molecule has 0 amide bonds. The summed E-state index contributed by atoms with van der Waals surface area (Å²) in [7, 11) is 3.00. The molecule has 6 rings (SSSR count). The molecule has 6 aromatic rings. The number of hydrogen-bond acceptors (Lipinski definition) is 14. The molecule has 0 fully saturated rings. The number of nitrogens with zero attached hydrogens (tertiary/aromatic N) is 7. The number of pyridine rings is 3. The van der Waals surface area contributed by atoms with E-state index in [0.29, 0.717) is 47.8 Å². The number of aldehydes is 2. The van der Waals surface area contributed by atoms with E-state index in [1.807, 2.05) is 45.8 Å². The van der Waals surface area contributed by atoms with Crippen molar-refractivity contribution in [1.82, 2.24) is 34.5 Å². The third kappa shape index (κ3) is 17.0. The summed E-state index contributed by atoms with van der Waals surface area (Å²) >= 11 is 5.91. The third-order valence-electron chi connectivity index (χ3n) is 7.72. The molecule has 16 nitrogen and oxygen atoms in total. The largest absolute Gasteiger partial charge is 1.00 e. The van der Waals surface area contributed by atoms with Crippen LogP contribution in [0.3, 0.4) is 0 Å². The molecule has 0 saturated heterocycles. The molecule has 20 heteroatoms. The molecule has 0 atom stereocenters. The Kier molecular flexibility index (Phi) is 29.3. The van der Waals surface area contributed by atoms with Crippen molar-refractivity contribution < 1.29 is 148 Å². The van der Waals surface area contributed by atoms with Crippen molar-refractivity contribution in [2.45, 2.75) is 52.3 Å². The number of rotatable bonds is 13. The van der Waals surface area contributed by atoms with Crippen LogP contribution in [-0.2, 0) is 22.2 Å². The van der Waals surface area contributed by atoms with E-state index in [4.69, 9.17) is 41.0 Å². The van der Waals surface area contributed by atoms with E-state index in [2.05, 4.69) is 57.7 Å². The molecule has 0 bridgehead atoms. The zero-order chi connectivity index (χ0) is 41.7. The van der Waals surface area contributed by atoms with Gasteiger partial charge in [0.05, 0.1) is 54.3 Å². The molecule has 5 heterocycles. The van der Waals surface area contributed by atoms with Gasteiger partial charge in [-0.3, -0.25) is 33.7 Å². The Morgan fingerprint density at radius 1 is 0.767 bits per heavy atom. The number of aromatic nitrogens is 7. The monoisotopic (exact) mass is 915 g/mol. The second kappa shape index (κ2) is 30.9. The Bertz CT molecular complexity index is 2200. The fourth-order valence-corrected chi connectivity index (χ4v) is 5.29. The molecular weight excluding hydrogens is 872 g/mol. The maximum Gasteiger partial charge on any atom is 1.00 e. The number of carbonyl (C=O) groups excluding carboxylic acids is 3. The van der Waals surface area contributed by atoms with Gasteiger partial charge in [0.1, 0.15) is 23.9 Å². The molecule has 0 aliphatic carbocycles. The molecule has 5 aromatic heterocycles. The Morgan fingerprint density at radius 2 is 1.30 bits per heavy atom. The SMILES string of the molecule is CC(C)n1nccc1-c1ncccc1CCl.COc1cc(C=O)c(O)cn1.COc1ccc(OCc2cccnc2-c2ccnn2C(C)C)c(C=O)c1.Cl.O=CO[O-].[H-].[K+].[K+]. The Balaban J connectivity index is 0. The number of carbonyl (C=O) groups is 3. The second-order valence-corrected chi connectivity index (χ2v) is 12.3. The van der Waals surface area contributed by atoms with Crippen molar-refractivity contribution in [3.8, 4) is 45.9 Å². The first kappa shape index (κ1) is 56.9. The Labute approximate surface area is 446 Å². The van der Waals surface area contributed by atoms with Crippen molar-refractivity contribution in [1.29, 1.82) is 0 Å². The molecule has 1 N–H and O–H groups in total. The van der Waals surface area contributed by atoms with Crippen LogP contribution in [0.25, 0.3) is 22.8 Å². The Hall–Kier alpha value is -3.09. The van der Waals surface area contributed by atoms with Gasteiger partial charge in [-0.1, -0.05) is 12.1 Å². The second-order valence-electron chi connectivity index (χ2n) is 12.1. The zero-order valence-electron chi connectivity index (χ0n) is 35.6. The maximum atomic E-state index is 11.3. The van der Waals surface area contributed by atoms with Crippen LogP contribution in [0.4, 0.5) is 0 Å². The number of ether oxygens (including phenoxy) is 3. The summed E-state index contributed by atoms with van der Waals surface area (Å²) in [6.45, 7) is 8.45. The van der Waals surface area contributed by atoms with Crippen molar-refractivity contribution in [2.75, 3.05) is 14.2 Å². The topological polar surface area (TPSA) is 206 Å². The molecule has 310 valence electrons. The first-order chi connectivity index (χ1) is 27.6. The normalized spacial score (nSPS) is 9.63. The van der Waals surface area contributed by atoms with Gasteiger partial charge < -0.3 is 30.9 Å². The van der Waals surface area contributed by atoms with Crippen LogP contribution in [-0.4, -0.2) is 72.9 Å². The van der Waals surface area contributed by atoms with Gasteiger partial charge in [-0.15, -0.1) is 24.0 Å². The van der Waals surface area contributed by atoms with Crippen LogP contribution in [0.2, 0.25) is 0 Å². The molecule has 0 saturated carbocycles. The minimum absolute atomic E-state index is 0. The predicted molar refractivity (Wildman–Crippen MR) is 217 cm³/mol. The summed E-state index contributed by atoms with van der Waals surface area (Å²) in [6.07, 6.45) is 9.56. The van der Waals surface area contributed by atoms with Gasteiger partial charge in [0.15, 0.2) is 12.6 Å². The summed E-state index contributed by atoms with van der Waals surface area (Å²) in [5.74, 6) is 1.76. The standard InChI is InChI=1S/C20H21N3O3.C12H14ClN3.C7H7NO3.CH2O3.ClH.2K.H/c1-14(2)23-18(8-10-22-23)20-15(5-4-9-21-20)13-26-19-7-6-17(25-3)11-16(19)12-24;1-9(2)16-11(5-7-15-16)12-10(8-13)4-3-6-14-12;1-11-7-2-5(4-9)6(10)3-8-7;2-1-4-3;;;;/h4-12,14H,13H2,1-3H3;3-7,9H,8H2,1-2H3;2-4,10H,1H3;1,3H;1H;;;/q;;;;;2*+1;-1/p-1. The molecule has 60 heavy (non-hydrogen) atoms. The summed E-state index contributed by atoms with van der Waals surface area (Å²) in [5.41, 5.74) is 6.27. The number of benzene rings is 1. The van der Waals surface area contributed by atoms with E-state index in [1.54, 1.807) is 50.1 Å². The van der Waals surface area contributed by atoms with Crippen LogP contribution in [0.1, 0.15) is 73.0 Å². The molecule has 0 unspecified atom stereocenters. The van der Waals surface area contributed by atoms with Crippen LogP contribution < -0.4 is 122 Å². The van der Waals surface area contributed by atoms with Gasteiger partial charge in [0.25, 0.3) is 6.47 Å². The van der Waals surface area contributed by atoms with E-state index in [0.717, 1.165) is 40.2 Å². The average Bonchev–Trinajstić information content (AvgIpc) is 3.95. The number of halogens is 2. The van der Waals surface area contributed by atoms with E-state index in [-0.39, 0.29) is 140 Å². The minimum atomic E-state index is -0.181. The van der Waals surface area contributed by atoms with Gasteiger partial charge in [0.2, 0.25) is 5.88 Å².